The van der Waals surface area contributed by atoms with Crippen LogP contribution in [0.15, 0.2) is 30.6 Å². The molecule has 21 heavy (non-hydrogen) atoms. The molecular formula is C13H19N5O2S. The SMILES string of the molecule is CNCc1ccc(CS(=O)(=O)NCc2nncn2C)cc1. The van der Waals surface area contributed by atoms with Gasteiger partial charge in [-0.25, -0.2) is 13.1 Å². The molecule has 0 aliphatic carbocycles. The molecule has 1 heterocycles. The molecule has 7 nitrogen and oxygen atoms in total. The third-order valence-corrected chi connectivity index (χ3v) is 4.31. The Bertz CT molecular complexity index is 679. The van der Waals surface area contributed by atoms with Crippen LogP contribution in [0.25, 0.3) is 0 Å². The van der Waals surface area contributed by atoms with Crippen molar-refractivity contribution in [1.29, 1.82) is 0 Å². The number of rotatable bonds is 7. The van der Waals surface area contributed by atoms with Gasteiger partial charge in [-0.3, -0.25) is 0 Å². The van der Waals surface area contributed by atoms with Gasteiger partial charge in [-0.15, -0.1) is 10.2 Å². The second kappa shape index (κ2) is 6.79. The van der Waals surface area contributed by atoms with E-state index in [2.05, 4.69) is 20.2 Å². The normalized spacial score (nSPS) is 11.7. The number of nitrogens with one attached hydrogen (secondary N) is 2. The van der Waals surface area contributed by atoms with Gasteiger partial charge in [0.05, 0.1) is 12.3 Å². The average Bonchev–Trinajstić information content (AvgIpc) is 2.84. The van der Waals surface area contributed by atoms with E-state index in [9.17, 15) is 8.42 Å². The van der Waals surface area contributed by atoms with Crippen molar-refractivity contribution in [2.24, 2.45) is 7.05 Å². The first kappa shape index (κ1) is 15.6. The number of benzene rings is 1. The third-order valence-electron chi connectivity index (χ3n) is 3.02. The largest absolute Gasteiger partial charge is 0.320 e. The Morgan fingerprint density at radius 2 is 1.81 bits per heavy atom. The quantitative estimate of drug-likeness (QED) is 0.760. The third kappa shape index (κ3) is 4.62. The molecule has 0 radical (unpaired) electrons. The van der Waals surface area contributed by atoms with Gasteiger partial charge >= 0.3 is 0 Å². The number of aromatic nitrogens is 3. The van der Waals surface area contributed by atoms with Crippen molar-refractivity contribution in [2.45, 2.75) is 18.8 Å². The van der Waals surface area contributed by atoms with E-state index in [1.165, 1.54) is 6.33 Å². The van der Waals surface area contributed by atoms with E-state index in [-0.39, 0.29) is 12.3 Å². The zero-order valence-corrected chi connectivity index (χ0v) is 12.9. The van der Waals surface area contributed by atoms with Crippen LogP contribution in [-0.2, 0) is 35.9 Å². The molecule has 0 spiro atoms. The summed E-state index contributed by atoms with van der Waals surface area (Å²) in [6.07, 6.45) is 1.53. The lowest BCUT2D eigenvalue weighted by Crippen LogP contribution is -2.26. The fourth-order valence-corrected chi connectivity index (χ4v) is 2.95. The minimum Gasteiger partial charge on any atom is -0.320 e. The molecule has 0 aliphatic heterocycles. The van der Waals surface area contributed by atoms with Crippen LogP contribution in [0, 0.1) is 0 Å². The summed E-state index contributed by atoms with van der Waals surface area (Å²) in [7, 11) is 0.238. The Kier molecular flexibility index (Phi) is 5.05. The predicted octanol–water partition coefficient (Wildman–Crippen LogP) is 0.154. The maximum Gasteiger partial charge on any atom is 0.216 e. The molecule has 0 bridgehead atoms. The lowest BCUT2D eigenvalue weighted by Gasteiger charge is -2.07. The van der Waals surface area contributed by atoms with Crippen LogP contribution in [0.1, 0.15) is 17.0 Å². The molecule has 1 aromatic heterocycles. The smallest absolute Gasteiger partial charge is 0.216 e. The van der Waals surface area contributed by atoms with E-state index in [0.717, 1.165) is 17.7 Å². The van der Waals surface area contributed by atoms with Gasteiger partial charge < -0.3 is 9.88 Å². The van der Waals surface area contributed by atoms with Crippen molar-refractivity contribution in [3.8, 4) is 0 Å². The summed E-state index contributed by atoms with van der Waals surface area (Å²) in [4.78, 5) is 0. The molecule has 114 valence electrons. The molecule has 0 saturated heterocycles. The number of hydrogen-bond donors (Lipinski definition) is 2. The minimum absolute atomic E-state index is 0.0509. The molecule has 0 aliphatic rings. The summed E-state index contributed by atoms with van der Waals surface area (Å²) < 4.78 is 28.3. The minimum atomic E-state index is -3.40. The van der Waals surface area contributed by atoms with Gasteiger partial charge in [0.2, 0.25) is 10.0 Å². The highest BCUT2D eigenvalue weighted by Crippen LogP contribution is 2.08. The highest BCUT2D eigenvalue weighted by atomic mass is 32.2. The van der Waals surface area contributed by atoms with Crippen molar-refractivity contribution < 1.29 is 8.42 Å². The Morgan fingerprint density at radius 3 is 2.38 bits per heavy atom. The van der Waals surface area contributed by atoms with Gasteiger partial charge in [-0.05, 0) is 18.2 Å². The van der Waals surface area contributed by atoms with Crippen molar-refractivity contribution in [1.82, 2.24) is 24.8 Å². The number of hydrogen-bond acceptors (Lipinski definition) is 5. The lowest BCUT2D eigenvalue weighted by atomic mass is 10.1. The molecule has 2 rings (SSSR count). The fraction of sp³-hybridized carbons (Fsp3) is 0.385. The maximum absolute atomic E-state index is 12.0. The van der Waals surface area contributed by atoms with E-state index < -0.39 is 10.0 Å². The first-order chi connectivity index (χ1) is 10.00. The van der Waals surface area contributed by atoms with Crippen LogP contribution < -0.4 is 10.0 Å². The van der Waals surface area contributed by atoms with Crippen molar-refractivity contribution in [3.63, 3.8) is 0 Å². The Hall–Kier alpha value is -1.77. The highest BCUT2D eigenvalue weighted by Gasteiger charge is 2.13. The molecule has 0 amide bonds. The molecular weight excluding hydrogens is 290 g/mol. The highest BCUT2D eigenvalue weighted by molar-refractivity contribution is 7.88. The van der Waals surface area contributed by atoms with Gasteiger partial charge in [0.15, 0.2) is 0 Å². The first-order valence-electron chi connectivity index (χ1n) is 6.53. The Morgan fingerprint density at radius 1 is 1.14 bits per heavy atom. The van der Waals surface area contributed by atoms with Gasteiger partial charge in [0.1, 0.15) is 12.2 Å². The van der Waals surface area contributed by atoms with Crippen LogP contribution >= 0.6 is 0 Å². The van der Waals surface area contributed by atoms with Gasteiger partial charge in [-0.2, -0.15) is 0 Å². The number of aryl methyl sites for hydroxylation is 1. The van der Waals surface area contributed by atoms with E-state index in [1.54, 1.807) is 11.6 Å². The fourth-order valence-electron chi connectivity index (χ4n) is 1.87. The van der Waals surface area contributed by atoms with Gasteiger partial charge in [-0.1, -0.05) is 24.3 Å². The summed E-state index contributed by atoms with van der Waals surface area (Å²) >= 11 is 0. The standard InChI is InChI=1S/C13H19N5O2S/c1-14-7-11-3-5-12(6-4-11)9-21(19,20)16-8-13-17-15-10-18(13)2/h3-6,10,14,16H,7-9H2,1-2H3. The molecule has 2 N–H and O–H groups in total. The topological polar surface area (TPSA) is 88.9 Å². The summed E-state index contributed by atoms with van der Waals surface area (Å²) in [5, 5.41) is 10.6. The van der Waals surface area contributed by atoms with Crippen LogP contribution in [0.3, 0.4) is 0 Å². The van der Waals surface area contributed by atoms with Crippen LogP contribution in [0.2, 0.25) is 0 Å². The molecule has 0 atom stereocenters. The molecule has 2 aromatic rings. The van der Waals surface area contributed by atoms with Crippen LogP contribution in [-0.4, -0.2) is 30.2 Å². The summed E-state index contributed by atoms with van der Waals surface area (Å²) in [6.45, 7) is 0.897. The van der Waals surface area contributed by atoms with Crippen LogP contribution in [0.5, 0.6) is 0 Å². The number of sulfonamides is 1. The monoisotopic (exact) mass is 309 g/mol. The summed E-state index contributed by atoms with van der Waals surface area (Å²) in [5.74, 6) is 0.521. The zero-order valence-electron chi connectivity index (χ0n) is 12.1. The van der Waals surface area contributed by atoms with E-state index in [4.69, 9.17) is 0 Å². The zero-order chi connectivity index (χ0) is 15.3. The van der Waals surface area contributed by atoms with E-state index >= 15 is 0 Å². The first-order valence-corrected chi connectivity index (χ1v) is 8.18. The second-order valence-corrected chi connectivity index (χ2v) is 6.59. The van der Waals surface area contributed by atoms with Crippen molar-refractivity contribution in [2.75, 3.05) is 7.05 Å². The Labute approximate surface area is 124 Å². The molecule has 0 saturated carbocycles. The molecule has 0 fully saturated rings. The predicted molar refractivity (Wildman–Crippen MR) is 79.7 cm³/mol. The molecule has 1 aromatic carbocycles. The van der Waals surface area contributed by atoms with Crippen LogP contribution in [0.4, 0.5) is 0 Å². The Balaban J connectivity index is 1.95. The molecule has 0 unspecified atom stereocenters. The van der Waals surface area contributed by atoms with Crippen molar-refractivity contribution in [3.05, 3.63) is 47.5 Å². The van der Waals surface area contributed by atoms with E-state index in [1.807, 2.05) is 31.3 Å². The van der Waals surface area contributed by atoms with Gasteiger partial charge in [0, 0.05) is 13.6 Å². The van der Waals surface area contributed by atoms with Crippen molar-refractivity contribution >= 4 is 10.0 Å². The van der Waals surface area contributed by atoms with E-state index in [0.29, 0.717) is 5.82 Å². The van der Waals surface area contributed by atoms with Gasteiger partial charge in [0.25, 0.3) is 0 Å². The summed E-state index contributed by atoms with van der Waals surface area (Å²) in [5.41, 5.74) is 1.87. The average molecular weight is 309 g/mol. The number of nitrogens with zero attached hydrogens (tertiary/aromatic N) is 3. The second-order valence-electron chi connectivity index (χ2n) is 4.79. The summed E-state index contributed by atoms with van der Waals surface area (Å²) in [6, 6.07) is 7.50. The lowest BCUT2D eigenvalue weighted by molar-refractivity contribution is 0.576. The maximum atomic E-state index is 12.0. The molecule has 8 heteroatoms.